The standard InChI is InChI=1S/C32H31N5OS2/c1-2-3-13-30-35-28-19-18-24(34-32(33)39)20-29(28)37(30)21-22-14-16-23(17-15-22)26-11-7-8-12-27(26)31(38)36-40-25-9-5-4-6-10-25/h4-12,14-20H,2-3,13,21H2,1H3,(H,36,38)(H3,33,34,39). The summed E-state index contributed by atoms with van der Waals surface area (Å²) in [4.78, 5) is 19.0. The number of nitrogens with one attached hydrogen (secondary N) is 2. The van der Waals surface area contributed by atoms with E-state index < -0.39 is 0 Å². The van der Waals surface area contributed by atoms with E-state index in [1.807, 2.05) is 72.8 Å². The van der Waals surface area contributed by atoms with Gasteiger partial charge in [-0.1, -0.05) is 74.0 Å². The highest BCUT2D eigenvalue weighted by molar-refractivity contribution is 7.98. The Morgan fingerprint density at radius 3 is 2.48 bits per heavy atom. The Labute approximate surface area is 244 Å². The second-order valence-corrected chi connectivity index (χ2v) is 10.8. The normalized spacial score (nSPS) is 10.9. The first-order chi connectivity index (χ1) is 19.5. The zero-order valence-corrected chi connectivity index (χ0v) is 23.9. The summed E-state index contributed by atoms with van der Waals surface area (Å²) in [6, 6.07) is 31.9. The number of hydrogen-bond acceptors (Lipinski definition) is 4. The minimum Gasteiger partial charge on any atom is -0.376 e. The molecule has 0 saturated carbocycles. The van der Waals surface area contributed by atoms with Crippen molar-refractivity contribution in [2.75, 3.05) is 5.32 Å². The Bertz CT molecular complexity index is 1630. The van der Waals surface area contributed by atoms with E-state index in [9.17, 15) is 4.79 Å². The molecule has 1 heterocycles. The number of benzene rings is 4. The maximum Gasteiger partial charge on any atom is 0.261 e. The molecule has 8 heteroatoms. The van der Waals surface area contributed by atoms with Gasteiger partial charge >= 0.3 is 0 Å². The number of carbonyl (C=O) groups is 1. The third-order valence-electron chi connectivity index (χ3n) is 6.63. The molecule has 5 aromatic rings. The third kappa shape index (κ3) is 6.52. The minimum absolute atomic E-state index is 0.125. The van der Waals surface area contributed by atoms with Crippen LogP contribution in [0.4, 0.5) is 5.69 Å². The van der Waals surface area contributed by atoms with E-state index in [-0.39, 0.29) is 11.0 Å². The predicted molar refractivity (Wildman–Crippen MR) is 169 cm³/mol. The quantitative estimate of drug-likeness (QED) is 0.123. The van der Waals surface area contributed by atoms with Gasteiger partial charge in [-0.2, -0.15) is 0 Å². The molecule has 0 spiro atoms. The van der Waals surface area contributed by atoms with E-state index in [4.69, 9.17) is 22.9 Å². The summed E-state index contributed by atoms with van der Waals surface area (Å²) < 4.78 is 5.24. The van der Waals surface area contributed by atoms with Crippen LogP contribution in [0.15, 0.2) is 102 Å². The van der Waals surface area contributed by atoms with Gasteiger partial charge in [-0.3, -0.25) is 9.52 Å². The molecule has 5 rings (SSSR count). The molecule has 0 aliphatic rings. The van der Waals surface area contributed by atoms with E-state index in [0.717, 1.165) is 63.4 Å². The lowest BCUT2D eigenvalue weighted by Crippen LogP contribution is -2.18. The van der Waals surface area contributed by atoms with Crippen LogP contribution in [0.25, 0.3) is 22.2 Å². The lowest BCUT2D eigenvalue weighted by molar-refractivity contribution is 0.0985. The minimum atomic E-state index is -0.125. The SMILES string of the molecule is CCCCc1nc2ccc(NC(N)=S)cc2n1Cc1ccc(-c2ccccc2C(=O)NSc2ccccc2)cc1. The molecule has 0 saturated heterocycles. The molecule has 0 aliphatic carbocycles. The Morgan fingerprint density at radius 2 is 1.73 bits per heavy atom. The lowest BCUT2D eigenvalue weighted by Gasteiger charge is -2.13. The second kappa shape index (κ2) is 12.8. The van der Waals surface area contributed by atoms with Crippen LogP contribution >= 0.6 is 24.2 Å². The highest BCUT2D eigenvalue weighted by Crippen LogP contribution is 2.27. The number of aromatic nitrogens is 2. The van der Waals surface area contributed by atoms with Crippen LogP contribution in [0.2, 0.25) is 0 Å². The predicted octanol–water partition coefficient (Wildman–Crippen LogP) is 7.19. The molecule has 0 unspecified atom stereocenters. The Kier molecular flexibility index (Phi) is 8.78. The van der Waals surface area contributed by atoms with Crippen molar-refractivity contribution < 1.29 is 4.79 Å². The van der Waals surface area contributed by atoms with Crippen molar-refractivity contribution in [3.63, 3.8) is 0 Å². The number of aryl methyl sites for hydroxylation is 1. The van der Waals surface area contributed by atoms with Gasteiger partial charge in [0.05, 0.1) is 11.0 Å². The van der Waals surface area contributed by atoms with Crippen molar-refractivity contribution in [3.8, 4) is 11.1 Å². The number of imidazole rings is 1. The highest BCUT2D eigenvalue weighted by Gasteiger charge is 2.15. The molecular weight excluding hydrogens is 535 g/mol. The maximum absolute atomic E-state index is 13.1. The molecule has 202 valence electrons. The van der Waals surface area contributed by atoms with Gasteiger partial charge in [0.2, 0.25) is 0 Å². The summed E-state index contributed by atoms with van der Waals surface area (Å²) in [5.41, 5.74) is 12.2. The van der Waals surface area contributed by atoms with Crippen LogP contribution in [0.1, 0.15) is 41.5 Å². The molecular formula is C32H31N5OS2. The van der Waals surface area contributed by atoms with E-state index >= 15 is 0 Å². The van der Waals surface area contributed by atoms with E-state index in [1.165, 1.54) is 11.9 Å². The van der Waals surface area contributed by atoms with Gasteiger partial charge in [-0.15, -0.1) is 0 Å². The van der Waals surface area contributed by atoms with Crippen molar-refractivity contribution in [2.24, 2.45) is 5.73 Å². The molecule has 6 nitrogen and oxygen atoms in total. The number of rotatable bonds is 10. The monoisotopic (exact) mass is 565 g/mol. The molecule has 1 aromatic heterocycles. The van der Waals surface area contributed by atoms with Gasteiger partial charge < -0.3 is 15.6 Å². The van der Waals surface area contributed by atoms with Crippen molar-refractivity contribution in [1.82, 2.24) is 14.3 Å². The molecule has 40 heavy (non-hydrogen) atoms. The Morgan fingerprint density at radius 1 is 0.975 bits per heavy atom. The summed E-state index contributed by atoms with van der Waals surface area (Å²) in [6.07, 6.45) is 3.08. The van der Waals surface area contributed by atoms with Crippen molar-refractivity contribution in [3.05, 3.63) is 114 Å². The molecule has 4 aromatic carbocycles. The van der Waals surface area contributed by atoms with Gasteiger partial charge in [-0.05, 0) is 83.7 Å². The van der Waals surface area contributed by atoms with Crippen molar-refractivity contribution in [1.29, 1.82) is 0 Å². The molecule has 0 radical (unpaired) electrons. The fourth-order valence-electron chi connectivity index (χ4n) is 4.65. The lowest BCUT2D eigenvalue weighted by atomic mass is 9.98. The van der Waals surface area contributed by atoms with E-state index in [0.29, 0.717) is 12.1 Å². The molecule has 0 atom stereocenters. The Balaban J connectivity index is 1.39. The first kappa shape index (κ1) is 27.4. The number of amides is 1. The molecule has 0 aliphatic heterocycles. The van der Waals surface area contributed by atoms with Gasteiger partial charge in [0.1, 0.15) is 5.82 Å². The number of thiocarbonyl (C=S) groups is 1. The summed E-state index contributed by atoms with van der Waals surface area (Å²) >= 11 is 6.35. The zero-order chi connectivity index (χ0) is 27.9. The number of unbranched alkanes of at least 4 members (excludes halogenated alkanes) is 1. The number of fused-ring (bicyclic) bond motifs is 1. The summed E-state index contributed by atoms with van der Waals surface area (Å²) in [7, 11) is 0. The van der Waals surface area contributed by atoms with Crippen LogP contribution in [0.3, 0.4) is 0 Å². The smallest absolute Gasteiger partial charge is 0.261 e. The highest BCUT2D eigenvalue weighted by atomic mass is 32.2. The van der Waals surface area contributed by atoms with E-state index in [1.54, 1.807) is 0 Å². The maximum atomic E-state index is 13.1. The fraction of sp³-hybridized carbons (Fsp3) is 0.156. The largest absolute Gasteiger partial charge is 0.376 e. The van der Waals surface area contributed by atoms with Gasteiger partial charge in [0.25, 0.3) is 5.91 Å². The van der Waals surface area contributed by atoms with Gasteiger partial charge in [0, 0.05) is 29.1 Å². The van der Waals surface area contributed by atoms with Crippen LogP contribution in [-0.2, 0) is 13.0 Å². The molecule has 4 N–H and O–H groups in total. The number of hydrogen-bond donors (Lipinski definition) is 3. The molecule has 0 bridgehead atoms. The average molecular weight is 566 g/mol. The average Bonchev–Trinajstić information content (AvgIpc) is 3.31. The summed E-state index contributed by atoms with van der Waals surface area (Å²) in [5, 5.41) is 3.27. The van der Waals surface area contributed by atoms with Crippen LogP contribution in [-0.4, -0.2) is 20.6 Å². The summed E-state index contributed by atoms with van der Waals surface area (Å²) in [5.74, 6) is 0.937. The second-order valence-electron chi connectivity index (χ2n) is 9.50. The number of nitrogens with two attached hydrogens (primary N) is 1. The number of nitrogens with zero attached hydrogens (tertiary/aromatic N) is 2. The van der Waals surface area contributed by atoms with Crippen LogP contribution in [0, 0.1) is 0 Å². The van der Waals surface area contributed by atoms with Crippen LogP contribution < -0.4 is 15.8 Å². The fourth-order valence-corrected chi connectivity index (χ4v) is 5.38. The topological polar surface area (TPSA) is 85.0 Å². The molecule has 0 fully saturated rings. The molecule has 1 amide bonds. The zero-order valence-electron chi connectivity index (χ0n) is 22.3. The summed E-state index contributed by atoms with van der Waals surface area (Å²) in [6.45, 7) is 2.87. The first-order valence-corrected chi connectivity index (χ1v) is 14.5. The van der Waals surface area contributed by atoms with Gasteiger partial charge in [0.15, 0.2) is 5.11 Å². The number of anilines is 1. The van der Waals surface area contributed by atoms with E-state index in [2.05, 4.69) is 45.8 Å². The third-order valence-corrected chi connectivity index (χ3v) is 7.53. The van der Waals surface area contributed by atoms with Crippen molar-refractivity contribution >= 4 is 51.9 Å². The number of carbonyl (C=O) groups excluding carboxylic acids is 1. The van der Waals surface area contributed by atoms with Crippen molar-refractivity contribution in [2.45, 2.75) is 37.6 Å². The van der Waals surface area contributed by atoms with Crippen LogP contribution in [0.5, 0.6) is 0 Å². The van der Waals surface area contributed by atoms with Gasteiger partial charge in [-0.25, -0.2) is 4.98 Å². The first-order valence-electron chi connectivity index (χ1n) is 13.3. The Hall–Kier alpha value is -4.14.